The fourth-order valence-corrected chi connectivity index (χ4v) is 9.70. The van der Waals surface area contributed by atoms with E-state index >= 15 is 0 Å². The van der Waals surface area contributed by atoms with Crippen molar-refractivity contribution in [2.24, 2.45) is 0 Å². The Kier molecular flexibility index (Phi) is 7.52. The molecule has 1 aromatic rings. The lowest BCUT2D eigenvalue weighted by Gasteiger charge is -2.50. The van der Waals surface area contributed by atoms with Crippen molar-refractivity contribution in [3.05, 3.63) is 47.2 Å². The van der Waals surface area contributed by atoms with Gasteiger partial charge in [0.05, 0.1) is 27.3 Å². The maximum Gasteiger partial charge on any atom is 0.410 e. The second-order valence-corrected chi connectivity index (χ2v) is 13.7. The Bertz CT molecular complexity index is 751. The van der Waals surface area contributed by atoms with Crippen LogP contribution in [0, 0.1) is 0 Å². The van der Waals surface area contributed by atoms with Crippen molar-refractivity contribution < 1.29 is 24.2 Å². The number of ether oxygens (including phenoxy) is 2. The van der Waals surface area contributed by atoms with Gasteiger partial charge in [0.25, 0.3) is 0 Å². The highest BCUT2D eigenvalue weighted by Gasteiger charge is 2.54. The number of carbonyl (C=O) groups is 2. The van der Waals surface area contributed by atoms with Gasteiger partial charge in [-0.15, -0.1) is 0 Å². The summed E-state index contributed by atoms with van der Waals surface area (Å²) < 4.78 is 10.4. The van der Waals surface area contributed by atoms with Crippen LogP contribution >= 0.6 is 0 Å². The number of hydrogen-bond donors (Lipinski definition) is 1. The Balaban J connectivity index is 2.36. The summed E-state index contributed by atoms with van der Waals surface area (Å²) in [6.45, 7) is 8.91. The first kappa shape index (κ1) is 23.0. The summed E-state index contributed by atoms with van der Waals surface area (Å²) in [6.07, 6.45) is -0.486. The predicted molar refractivity (Wildman–Crippen MR) is 115 cm³/mol. The van der Waals surface area contributed by atoms with Gasteiger partial charge >= 0.3 is 12.1 Å². The van der Waals surface area contributed by atoms with Crippen molar-refractivity contribution in [1.82, 2.24) is 4.90 Å². The number of aliphatic hydroxyl groups excluding tert-OH is 1. The fraction of sp³-hybridized carbons (Fsp3) is 0.545. The average molecular weight is 420 g/mol. The van der Waals surface area contributed by atoms with Crippen LogP contribution in [0.1, 0.15) is 33.3 Å². The van der Waals surface area contributed by atoms with Crippen molar-refractivity contribution in [2.75, 3.05) is 20.2 Å². The minimum atomic E-state index is -2.04. The van der Waals surface area contributed by atoms with Gasteiger partial charge < -0.3 is 19.5 Å². The molecule has 1 atom stereocenters. The van der Waals surface area contributed by atoms with Crippen LogP contribution in [-0.2, 0) is 20.9 Å². The van der Waals surface area contributed by atoms with E-state index in [1.54, 1.807) is 0 Å². The molecule has 0 fully saturated rings. The first-order valence-corrected chi connectivity index (χ1v) is 12.9. The van der Waals surface area contributed by atoms with Crippen LogP contribution in [0.2, 0.25) is 23.2 Å². The molecule has 0 spiro atoms. The Hall–Kier alpha value is -2.28. The zero-order chi connectivity index (χ0) is 21.7. The van der Waals surface area contributed by atoms with Gasteiger partial charge in [0, 0.05) is 11.6 Å². The molecule has 0 radical (unpaired) electrons. The van der Waals surface area contributed by atoms with Gasteiger partial charge in [-0.25, -0.2) is 9.59 Å². The molecule has 0 saturated carbocycles. The monoisotopic (exact) mass is 419 g/mol. The molecule has 2 rings (SSSR count). The summed E-state index contributed by atoms with van der Waals surface area (Å²) >= 11 is 0. The van der Waals surface area contributed by atoms with E-state index in [1.807, 2.05) is 37.3 Å². The summed E-state index contributed by atoms with van der Waals surface area (Å²) in [6, 6.07) is 12.3. The highest BCUT2D eigenvalue weighted by atomic mass is 28.3. The van der Waals surface area contributed by atoms with E-state index in [1.165, 1.54) is 12.0 Å². The summed E-state index contributed by atoms with van der Waals surface area (Å²) in [5.74, 6) is -0.505. The van der Waals surface area contributed by atoms with Crippen LogP contribution in [0.3, 0.4) is 0 Å². The van der Waals surface area contributed by atoms with Crippen LogP contribution in [0.4, 0.5) is 4.79 Å². The van der Waals surface area contributed by atoms with E-state index in [0.717, 1.165) is 23.7 Å². The summed E-state index contributed by atoms with van der Waals surface area (Å²) in [5.41, 5.74) is 1.05. The van der Waals surface area contributed by atoms with Gasteiger partial charge in [-0.2, -0.15) is 0 Å². The molecule has 0 aromatic heterocycles. The molecule has 0 saturated heterocycles. The molecular weight excluding hydrogens is 386 g/mol. The van der Waals surface area contributed by atoms with Gasteiger partial charge in [0.15, 0.2) is 0 Å². The molecule has 29 heavy (non-hydrogen) atoms. The Morgan fingerprint density at radius 1 is 1.14 bits per heavy atom. The summed E-state index contributed by atoms with van der Waals surface area (Å²) in [7, 11) is -0.755. The first-order chi connectivity index (χ1) is 13.8. The van der Waals surface area contributed by atoms with Crippen LogP contribution in [0.15, 0.2) is 41.7 Å². The van der Waals surface area contributed by atoms with Gasteiger partial charge in [0.2, 0.25) is 0 Å². The normalized spacial score (nSPS) is 19.8. The van der Waals surface area contributed by atoms with Gasteiger partial charge in [-0.05, 0) is 5.56 Å². The van der Waals surface area contributed by atoms with Gasteiger partial charge in [-0.3, -0.25) is 0 Å². The highest BCUT2D eigenvalue weighted by Crippen LogP contribution is 2.53. The zero-order valence-corrected chi connectivity index (χ0v) is 19.2. The maximum absolute atomic E-state index is 12.9. The third-order valence-electron chi connectivity index (χ3n) is 6.76. The third-order valence-corrected chi connectivity index (χ3v) is 13.6. The number of aliphatic hydroxyl groups is 1. The molecule has 160 valence electrons. The highest BCUT2D eigenvalue weighted by molar-refractivity contribution is 6.83. The smallest absolute Gasteiger partial charge is 0.410 e. The third kappa shape index (κ3) is 4.34. The number of hydrogen-bond acceptors (Lipinski definition) is 5. The summed E-state index contributed by atoms with van der Waals surface area (Å²) in [5, 5.41) is 10.5. The minimum Gasteiger partial charge on any atom is -0.511 e. The number of methoxy groups -OCH3 is 1. The lowest BCUT2D eigenvalue weighted by atomic mass is 9.97. The molecule has 1 unspecified atom stereocenters. The van der Waals surface area contributed by atoms with E-state index in [-0.39, 0.29) is 24.5 Å². The quantitative estimate of drug-likeness (QED) is 0.503. The molecule has 1 aromatic carbocycles. The molecule has 0 aliphatic carbocycles. The molecule has 1 aliphatic heterocycles. The topological polar surface area (TPSA) is 76.1 Å². The number of carbonyl (C=O) groups excluding carboxylic acids is 2. The SMILES string of the molecule is CC[Si](CC)(CC)C1(C)CN(C(=O)OCc2ccccc2)CC(C(=O)OC)=C1O. The predicted octanol–water partition coefficient (Wildman–Crippen LogP) is 4.89. The number of benzene rings is 1. The van der Waals surface area contributed by atoms with Crippen molar-refractivity contribution in [2.45, 2.75) is 57.5 Å². The molecule has 1 aliphatic rings. The lowest BCUT2D eigenvalue weighted by molar-refractivity contribution is -0.136. The Labute approximate surface area is 174 Å². The molecule has 7 heteroatoms. The Morgan fingerprint density at radius 3 is 2.24 bits per heavy atom. The maximum atomic E-state index is 12.9. The number of nitrogens with zero attached hydrogens (tertiary/aromatic N) is 1. The van der Waals surface area contributed by atoms with E-state index in [0.29, 0.717) is 6.54 Å². The van der Waals surface area contributed by atoms with Crippen molar-refractivity contribution in [3.8, 4) is 0 Å². The van der Waals surface area contributed by atoms with E-state index < -0.39 is 25.2 Å². The molecule has 1 heterocycles. The van der Waals surface area contributed by atoms with E-state index in [9.17, 15) is 14.7 Å². The second-order valence-electron chi connectivity index (χ2n) is 7.89. The first-order valence-electron chi connectivity index (χ1n) is 10.2. The second kappa shape index (κ2) is 9.48. The van der Waals surface area contributed by atoms with Crippen molar-refractivity contribution >= 4 is 20.1 Å². The number of amides is 1. The molecule has 1 amide bonds. The largest absolute Gasteiger partial charge is 0.511 e. The standard InChI is InChI=1S/C22H33NO5Si/c1-6-29(7-2,8-3)22(4)16-23(14-18(19(22)24)20(25)27-5)21(26)28-15-17-12-10-9-11-13-17/h9-13,24H,6-8,14-16H2,1-5H3. The lowest BCUT2D eigenvalue weighted by Crippen LogP contribution is -2.56. The number of rotatable bonds is 7. The summed E-state index contributed by atoms with van der Waals surface area (Å²) in [4.78, 5) is 26.8. The fourth-order valence-electron chi connectivity index (χ4n) is 4.67. The zero-order valence-electron chi connectivity index (χ0n) is 18.2. The van der Waals surface area contributed by atoms with Gasteiger partial charge in [-0.1, -0.05) is 76.2 Å². The molecule has 0 bridgehead atoms. The van der Waals surface area contributed by atoms with E-state index in [2.05, 4.69) is 20.8 Å². The van der Waals surface area contributed by atoms with Crippen LogP contribution in [0.25, 0.3) is 0 Å². The molecule has 6 nitrogen and oxygen atoms in total. The number of esters is 1. The van der Waals surface area contributed by atoms with Gasteiger partial charge in [0.1, 0.15) is 12.4 Å². The molecular formula is C22H33NO5Si. The van der Waals surface area contributed by atoms with Crippen LogP contribution in [-0.4, -0.2) is 50.3 Å². The van der Waals surface area contributed by atoms with Crippen molar-refractivity contribution in [3.63, 3.8) is 0 Å². The van der Waals surface area contributed by atoms with Crippen molar-refractivity contribution in [1.29, 1.82) is 0 Å². The van der Waals surface area contributed by atoms with E-state index in [4.69, 9.17) is 9.47 Å². The Morgan fingerprint density at radius 2 is 1.72 bits per heavy atom. The minimum absolute atomic E-state index is 0.0106. The average Bonchev–Trinajstić information content (AvgIpc) is 2.75. The molecule has 1 N–H and O–H groups in total. The van der Waals surface area contributed by atoms with Crippen LogP contribution in [0.5, 0.6) is 0 Å². The van der Waals surface area contributed by atoms with Crippen LogP contribution < -0.4 is 0 Å².